The van der Waals surface area contributed by atoms with Gasteiger partial charge in [-0.15, -0.1) is 23.1 Å². The van der Waals surface area contributed by atoms with Gasteiger partial charge in [0.25, 0.3) is 18.3 Å². The van der Waals surface area contributed by atoms with Gasteiger partial charge in [0.2, 0.25) is 6.41 Å². The maximum Gasteiger partial charge on any atom is 0.404 e. The zero-order chi connectivity index (χ0) is 26.2. The number of anilines is 1. The summed E-state index contributed by atoms with van der Waals surface area (Å²) >= 11 is 2.15. The Bertz CT molecular complexity index is 1140. The van der Waals surface area contributed by atoms with Crippen LogP contribution in [-0.4, -0.2) is 94.5 Å². The van der Waals surface area contributed by atoms with E-state index < -0.39 is 41.9 Å². The maximum atomic E-state index is 13.0. The van der Waals surface area contributed by atoms with Crippen LogP contribution in [0.3, 0.4) is 0 Å². The summed E-state index contributed by atoms with van der Waals surface area (Å²) in [7, 11) is 0. The highest BCUT2D eigenvalue weighted by Gasteiger charge is 2.54. The predicted molar refractivity (Wildman–Crippen MR) is 122 cm³/mol. The summed E-state index contributed by atoms with van der Waals surface area (Å²) in [5.41, 5.74) is 4.43. The number of carboxylic acid groups (broad SMARTS) is 1. The zero-order valence-electron chi connectivity index (χ0n) is 18.1. The number of fused-ring (bicyclic) bond motifs is 1. The van der Waals surface area contributed by atoms with Crippen LogP contribution in [0, 0.1) is 0 Å². The molecule has 0 saturated carbocycles. The highest BCUT2D eigenvalue weighted by Crippen LogP contribution is 2.40. The number of thiazole rings is 1. The third-order valence-electron chi connectivity index (χ3n) is 4.59. The van der Waals surface area contributed by atoms with Gasteiger partial charge in [0.15, 0.2) is 17.5 Å². The number of hydrogen-bond donors (Lipinski definition) is 4. The van der Waals surface area contributed by atoms with Gasteiger partial charge in [-0.25, -0.2) is 14.6 Å². The van der Waals surface area contributed by atoms with Crippen molar-refractivity contribution >= 4 is 70.7 Å². The minimum Gasteiger partial charge on any atom is -0.477 e. The lowest BCUT2D eigenvalue weighted by atomic mass is 10.0. The van der Waals surface area contributed by atoms with Crippen LogP contribution in [-0.2, 0) is 38.3 Å². The number of amides is 4. The van der Waals surface area contributed by atoms with Crippen molar-refractivity contribution in [1.82, 2.24) is 15.2 Å². The number of nitrogens with one attached hydrogen (secondary N) is 2. The standard InChI is InChI=1S/C18H18N6O10S2/c19-17(31)33-3-8-4-35-15-11(14(28)24(15)12(8)16(29)30)22-13(27)10(23-34-2-1-32-7-26)9-5-36-18(21-9)20-6-25/h5-7,11,15H,1-4H2,(H2,19,31)(H,22,27)(H,29,30)(H,20,21,25)/b23-10-/t11?,15-/m1/s1. The van der Waals surface area contributed by atoms with E-state index in [9.17, 15) is 33.9 Å². The first-order valence-electron chi connectivity index (χ1n) is 9.82. The SMILES string of the molecule is NC(=O)OCC1=C(C(=O)O)N2C(=O)C(NC(=O)/C(=N\OCCOC=O)c3csc(NC=O)n3)[C@H]2SC1. The van der Waals surface area contributed by atoms with Crippen molar-refractivity contribution in [1.29, 1.82) is 0 Å². The number of carbonyl (C=O) groups excluding carboxylic acids is 5. The topological polar surface area (TPSA) is 229 Å². The Labute approximate surface area is 209 Å². The molecule has 0 bridgehead atoms. The van der Waals surface area contributed by atoms with Crippen LogP contribution in [0.25, 0.3) is 0 Å². The van der Waals surface area contributed by atoms with Crippen molar-refractivity contribution in [3.8, 4) is 0 Å². The minimum absolute atomic E-state index is 0.0232. The fourth-order valence-corrected chi connectivity index (χ4v) is 5.09. The number of β-lactam (4-membered cyclic amide) rings is 1. The summed E-state index contributed by atoms with van der Waals surface area (Å²) < 4.78 is 9.14. The molecule has 0 aromatic carbocycles. The van der Waals surface area contributed by atoms with E-state index in [1.807, 2.05) is 0 Å². The fourth-order valence-electron chi connectivity index (χ4n) is 3.11. The second-order valence-corrected chi connectivity index (χ2v) is 8.73. The van der Waals surface area contributed by atoms with Crippen molar-refractivity contribution < 1.29 is 48.2 Å². The summed E-state index contributed by atoms with van der Waals surface area (Å²) in [5, 5.41) is 19.0. The summed E-state index contributed by atoms with van der Waals surface area (Å²) in [5.74, 6) is -2.89. The van der Waals surface area contributed by atoms with Crippen molar-refractivity contribution in [2.45, 2.75) is 11.4 Å². The molecular formula is C18H18N6O10S2. The third kappa shape index (κ3) is 5.89. The number of primary amides is 1. The Morgan fingerprint density at radius 2 is 2.11 bits per heavy atom. The second kappa shape index (κ2) is 12.0. The number of nitrogens with two attached hydrogens (primary N) is 1. The molecule has 1 saturated heterocycles. The molecule has 2 atom stereocenters. The fraction of sp³-hybridized carbons (Fsp3) is 0.333. The lowest BCUT2D eigenvalue weighted by Crippen LogP contribution is -2.71. The minimum atomic E-state index is -1.41. The van der Waals surface area contributed by atoms with E-state index in [4.69, 9.17) is 10.6 Å². The van der Waals surface area contributed by atoms with Crippen molar-refractivity contribution in [3.63, 3.8) is 0 Å². The summed E-state index contributed by atoms with van der Waals surface area (Å²) in [6.07, 6.45) is -0.704. The highest BCUT2D eigenvalue weighted by molar-refractivity contribution is 8.00. The van der Waals surface area contributed by atoms with E-state index in [1.54, 1.807) is 0 Å². The smallest absolute Gasteiger partial charge is 0.404 e. The molecule has 36 heavy (non-hydrogen) atoms. The molecule has 2 aliphatic heterocycles. The molecule has 1 fully saturated rings. The Kier molecular flexibility index (Phi) is 8.79. The van der Waals surface area contributed by atoms with Gasteiger partial charge in [-0.2, -0.15) is 0 Å². The summed E-state index contributed by atoms with van der Waals surface area (Å²) in [6, 6.07) is -1.11. The van der Waals surface area contributed by atoms with E-state index >= 15 is 0 Å². The van der Waals surface area contributed by atoms with Crippen LogP contribution in [0.15, 0.2) is 21.8 Å². The monoisotopic (exact) mass is 542 g/mol. The van der Waals surface area contributed by atoms with Gasteiger partial charge in [0.1, 0.15) is 36.0 Å². The molecule has 3 heterocycles. The van der Waals surface area contributed by atoms with Gasteiger partial charge in [-0.3, -0.25) is 24.1 Å². The summed E-state index contributed by atoms with van der Waals surface area (Å²) in [4.78, 5) is 79.4. The molecular weight excluding hydrogens is 524 g/mol. The maximum absolute atomic E-state index is 13.0. The number of thioether (sulfide) groups is 1. The number of rotatable bonds is 13. The lowest BCUT2D eigenvalue weighted by molar-refractivity contribution is -0.150. The van der Waals surface area contributed by atoms with E-state index in [0.717, 1.165) is 28.0 Å². The molecule has 3 rings (SSSR count). The number of nitrogens with zero attached hydrogens (tertiary/aromatic N) is 3. The first-order chi connectivity index (χ1) is 17.3. The highest BCUT2D eigenvalue weighted by atomic mass is 32.2. The van der Waals surface area contributed by atoms with Gasteiger partial charge in [-0.05, 0) is 0 Å². The number of aromatic nitrogens is 1. The number of hydrogen-bond acceptors (Lipinski definition) is 13. The van der Waals surface area contributed by atoms with Crippen LogP contribution < -0.4 is 16.4 Å². The molecule has 2 aliphatic rings. The van der Waals surface area contributed by atoms with Crippen LogP contribution in [0.1, 0.15) is 5.69 Å². The number of carboxylic acids is 1. The molecule has 5 N–H and O–H groups in total. The largest absolute Gasteiger partial charge is 0.477 e. The van der Waals surface area contributed by atoms with Gasteiger partial charge in [0, 0.05) is 16.7 Å². The lowest BCUT2D eigenvalue weighted by Gasteiger charge is -2.49. The molecule has 1 aromatic heterocycles. The van der Waals surface area contributed by atoms with Crippen molar-refractivity contribution in [2.75, 3.05) is 30.9 Å². The van der Waals surface area contributed by atoms with Gasteiger partial charge in [0.05, 0.1) is 0 Å². The number of ether oxygens (including phenoxy) is 2. The van der Waals surface area contributed by atoms with Gasteiger partial charge >= 0.3 is 12.1 Å². The van der Waals surface area contributed by atoms with Crippen LogP contribution in [0.5, 0.6) is 0 Å². The first-order valence-corrected chi connectivity index (χ1v) is 11.8. The Morgan fingerprint density at radius 3 is 2.78 bits per heavy atom. The number of oxime groups is 1. The van der Waals surface area contributed by atoms with Crippen molar-refractivity contribution in [3.05, 3.63) is 22.3 Å². The molecule has 1 unspecified atom stereocenters. The van der Waals surface area contributed by atoms with Crippen LogP contribution >= 0.6 is 23.1 Å². The molecule has 0 radical (unpaired) electrons. The van der Waals surface area contributed by atoms with E-state index in [0.29, 0.717) is 6.41 Å². The number of carbonyl (C=O) groups is 6. The third-order valence-corrected chi connectivity index (χ3v) is 6.70. The Balaban J connectivity index is 1.76. The average Bonchev–Trinajstić information content (AvgIpc) is 3.30. The Hall–Kier alpha value is -4.19. The predicted octanol–water partition coefficient (Wildman–Crippen LogP) is -1.56. The normalized spacial score (nSPS) is 18.9. The van der Waals surface area contributed by atoms with E-state index in [1.165, 1.54) is 5.38 Å². The molecule has 0 spiro atoms. The zero-order valence-corrected chi connectivity index (χ0v) is 19.7. The first kappa shape index (κ1) is 26.4. The molecule has 18 heteroatoms. The Morgan fingerprint density at radius 1 is 1.33 bits per heavy atom. The van der Waals surface area contributed by atoms with E-state index in [-0.39, 0.29) is 53.2 Å². The van der Waals surface area contributed by atoms with Crippen LogP contribution in [0.2, 0.25) is 0 Å². The molecule has 16 nitrogen and oxygen atoms in total. The quantitative estimate of drug-likeness (QED) is 0.0729. The molecule has 192 valence electrons. The van der Waals surface area contributed by atoms with Crippen molar-refractivity contribution in [2.24, 2.45) is 10.9 Å². The molecule has 0 aliphatic carbocycles. The summed E-state index contributed by atoms with van der Waals surface area (Å²) in [6.45, 7) is -0.519. The molecule has 4 amide bonds. The van der Waals surface area contributed by atoms with Gasteiger partial charge < -0.3 is 35.8 Å². The second-order valence-electron chi connectivity index (χ2n) is 6.77. The number of aliphatic carboxylic acids is 1. The molecule has 1 aromatic rings. The van der Waals surface area contributed by atoms with Gasteiger partial charge in [-0.1, -0.05) is 5.16 Å². The van der Waals surface area contributed by atoms with E-state index in [2.05, 4.69) is 30.2 Å². The van der Waals surface area contributed by atoms with Crippen LogP contribution in [0.4, 0.5) is 9.93 Å². The average molecular weight is 543 g/mol.